The molecule has 2 nitrogen and oxygen atoms in total. The third-order valence-corrected chi connectivity index (χ3v) is 4.73. The van der Waals surface area contributed by atoms with Crippen LogP contribution in [-0.2, 0) is 0 Å². The summed E-state index contributed by atoms with van der Waals surface area (Å²) in [4.78, 5) is 0. The van der Waals surface area contributed by atoms with Gasteiger partial charge in [0.15, 0.2) is 0 Å². The van der Waals surface area contributed by atoms with E-state index in [4.69, 9.17) is 5.73 Å². The zero-order valence-corrected chi connectivity index (χ0v) is 11.3. The Morgan fingerprint density at radius 1 is 0.875 bits per heavy atom. The molecule has 0 amide bonds. The molecule has 0 saturated heterocycles. The molecule has 2 aliphatic rings. The van der Waals surface area contributed by atoms with Crippen molar-refractivity contribution in [3.05, 3.63) is 0 Å². The summed E-state index contributed by atoms with van der Waals surface area (Å²) in [5, 5.41) is 10.9. The Bertz CT molecular complexity index is 287. The van der Waals surface area contributed by atoms with Gasteiger partial charge in [-0.15, -0.1) is 0 Å². The highest BCUT2D eigenvalue weighted by molar-refractivity contribution is 5.16. The second-order valence-corrected chi connectivity index (χ2v) is 7.90. The van der Waals surface area contributed by atoms with Crippen molar-refractivity contribution < 1.29 is 5.11 Å². The van der Waals surface area contributed by atoms with Gasteiger partial charge in [0.1, 0.15) is 0 Å². The third kappa shape index (κ3) is 1.91. The highest BCUT2D eigenvalue weighted by Gasteiger charge is 2.60. The van der Waals surface area contributed by atoms with Crippen LogP contribution in [0.4, 0.5) is 0 Å². The molecule has 2 fully saturated rings. The van der Waals surface area contributed by atoms with Gasteiger partial charge in [-0.2, -0.15) is 0 Å². The van der Waals surface area contributed by atoms with E-state index in [-0.39, 0.29) is 11.0 Å². The number of nitrogens with two attached hydrogens (primary N) is 1. The van der Waals surface area contributed by atoms with Crippen molar-refractivity contribution in [1.29, 1.82) is 0 Å². The lowest BCUT2D eigenvalue weighted by Gasteiger charge is -2.61. The summed E-state index contributed by atoms with van der Waals surface area (Å²) in [6, 6.07) is 0. The lowest BCUT2D eigenvalue weighted by molar-refractivity contribution is -0.153. The summed E-state index contributed by atoms with van der Waals surface area (Å²) in [6.45, 7) is 9.00. The van der Waals surface area contributed by atoms with Gasteiger partial charge in [-0.3, -0.25) is 0 Å². The van der Waals surface area contributed by atoms with Crippen LogP contribution >= 0.6 is 0 Å². The zero-order chi connectivity index (χ0) is 12.2. The van der Waals surface area contributed by atoms with Crippen molar-refractivity contribution >= 4 is 0 Å². The number of hydrogen-bond acceptors (Lipinski definition) is 2. The quantitative estimate of drug-likeness (QED) is 0.721. The van der Waals surface area contributed by atoms with Crippen molar-refractivity contribution in [2.45, 2.75) is 77.4 Å². The van der Waals surface area contributed by atoms with Crippen molar-refractivity contribution in [2.75, 3.05) is 0 Å². The van der Waals surface area contributed by atoms with E-state index in [1.165, 1.54) is 6.42 Å². The van der Waals surface area contributed by atoms with Gasteiger partial charge in [-0.25, -0.2) is 0 Å². The van der Waals surface area contributed by atoms with Crippen LogP contribution in [0.3, 0.4) is 0 Å². The lowest BCUT2D eigenvalue weighted by atomic mass is 9.49. The van der Waals surface area contributed by atoms with E-state index < -0.39 is 5.60 Å². The molecular formula is C14H27NO. The molecule has 94 valence electrons. The van der Waals surface area contributed by atoms with Crippen LogP contribution in [-0.4, -0.2) is 16.2 Å². The minimum Gasteiger partial charge on any atom is -0.388 e. The molecule has 0 aromatic rings. The molecule has 1 atom stereocenters. The van der Waals surface area contributed by atoms with E-state index in [9.17, 15) is 5.11 Å². The normalized spacial score (nSPS) is 40.1. The largest absolute Gasteiger partial charge is 0.388 e. The minimum absolute atomic E-state index is 0.249. The van der Waals surface area contributed by atoms with Gasteiger partial charge < -0.3 is 10.8 Å². The van der Waals surface area contributed by atoms with Crippen molar-refractivity contribution in [2.24, 2.45) is 16.6 Å². The SMILES string of the molecule is CC1(C)CC(N)(C2(O)CCCC(C)(C)C2)C1. The minimum atomic E-state index is -0.621. The van der Waals surface area contributed by atoms with Crippen molar-refractivity contribution in [3.63, 3.8) is 0 Å². The van der Waals surface area contributed by atoms with Crippen molar-refractivity contribution in [1.82, 2.24) is 0 Å². The molecule has 3 N–H and O–H groups in total. The van der Waals surface area contributed by atoms with E-state index >= 15 is 0 Å². The van der Waals surface area contributed by atoms with Gasteiger partial charge >= 0.3 is 0 Å². The summed E-state index contributed by atoms with van der Waals surface area (Å²) >= 11 is 0. The Hall–Kier alpha value is -0.0800. The maximum atomic E-state index is 10.9. The predicted octanol–water partition coefficient (Wildman–Crippen LogP) is 2.84. The van der Waals surface area contributed by atoms with Gasteiger partial charge in [0.05, 0.1) is 5.60 Å². The van der Waals surface area contributed by atoms with Crippen LogP contribution in [0, 0.1) is 10.8 Å². The van der Waals surface area contributed by atoms with E-state index in [2.05, 4.69) is 27.7 Å². The zero-order valence-electron chi connectivity index (χ0n) is 11.3. The summed E-state index contributed by atoms with van der Waals surface area (Å²) in [7, 11) is 0. The Labute approximate surface area is 99.6 Å². The summed E-state index contributed by atoms with van der Waals surface area (Å²) in [6.07, 6.45) is 6.02. The average Bonchev–Trinajstić information content (AvgIpc) is 1.96. The maximum Gasteiger partial charge on any atom is 0.0831 e. The molecule has 0 heterocycles. The molecule has 2 heteroatoms. The van der Waals surface area contributed by atoms with Gasteiger partial charge in [0.2, 0.25) is 0 Å². The Morgan fingerprint density at radius 2 is 1.44 bits per heavy atom. The summed E-state index contributed by atoms with van der Waals surface area (Å²) in [5.41, 5.74) is 6.09. The van der Waals surface area contributed by atoms with Crippen LogP contribution < -0.4 is 5.73 Å². The Kier molecular flexibility index (Phi) is 2.50. The Morgan fingerprint density at radius 3 is 1.88 bits per heavy atom. The smallest absolute Gasteiger partial charge is 0.0831 e. The van der Waals surface area contributed by atoms with E-state index in [0.717, 1.165) is 32.1 Å². The van der Waals surface area contributed by atoms with E-state index in [1.54, 1.807) is 0 Å². The fourth-order valence-corrected chi connectivity index (χ4v) is 4.24. The molecule has 0 radical (unpaired) electrons. The number of hydrogen-bond donors (Lipinski definition) is 2. The predicted molar refractivity (Wildman–Crippen MR) is 67.1 cm³/mol. The molecule has 2 saturated carbocycles. The summed E-state index contributed by atoms with van der Waals surface area (Å²) in [5.74, 6) is 0. The highest BCUT2D eigenvalue weighted by atomic mass is 16.3. The monoisotopic (exact) mass is 225 g/mol. The molecule has 0 bridgehead atoms. The average molecular weight is 225 g/mol. The van der Waals surface area contributed by atoms with Crippen LogP contribution in [0.25, 0.3) is 0 Å². The van der Waals surface area contributed by atoms with Crippen LogP contribution in [0.5, 0.6) is 0 Å². The first-order chi connectivity index (χ1) is 7.08. The molecule has 1 unspecified atom stereocenters. The van der Waals surface area contributed by atoms with E-state index in [1.807, 2.05) is 0 Å². The molecule has 0 aromatic heterocycles. The molecular weight excluding hydrogens is 198 g/mol. The van der Waals surface area contributed by atoms with Gasteiger partial charge in [0, 0.05) is 5.54 Å². The third-order valence-electron chi connectivity index (χ3n) is 4.73. The summed E-state index contributed by atoms with van der Waals surface area (Å²) < 4.78 is 0. The van der Waals surface area contributed by atoms with E-state index in [0.29, 0.717) is 5.41 Å². The van der Waals surface area contributed by atoms with Crippen LogP contribution in [0.1, 0.15) is 66.2 Å². The van der Waals surface area contributed by atoms with Crippen LogP contribution in [0.2, 0.25) is 0 Å². The molecule has 2 aliphatic carbocycles. The number of rotatable bonds is 1. The fraction of sp³-hybridized carbons (Fsp3) is 1.00. The molecule has 0 aliphatic heterocycles. The van der Waals surface area contributed by atoms with Gasteiger partial charge in [-0.05, 0) is 49.4 Å². The second-order valence-electron chi connectivity index (χ2n) is 7.90. The maximum absolute atomic E-state index is 10.9. The van der Waals surface area contributed by atoms with Crippen LogP contribution in [0.15, 0.2) is 0 Å². The molecule has 0 aromatic carbocycles. The van der Waals surface area contributed by atoms with Gasteiger partial charge in [0.25, 0.3) is 0 Å². The first-order valence-corrected chi connectivity index (χ1v) is 6.59. The second kappa shape index (κ2) is 3.23. The first kappa shape index (κ1) is 12.4. The Balaban J connectivity index is 2.14. The standard InChI is InChI=1S/C14H27NO/c1-11(2)6-5-7-14(16,10-11)13(15)8-12(3,4)9-13/h16H,5-10,15H2,1-4H3. The first-order valence-electron chi connectivity index (χ1n) is 6.59. The molecule has 0 spiro atoms. The topological polar surface area (TPSA) is 46.2 Å². The molecule has 2 rings (SSSR count). The number of aliphatic hydroxyl groups is 1. The lowest BCUT2D eigenvalue weighted by Crippen LogP contribution is -2.71. The highest BCUT2D eigenvalue weighted by Crippen LogP contribution is 2.57. The molecule has 16 heavy (non-hydrogen) atoms. The fourth-order valence-electron chi connectivity index (χ4n) is 4.24. The van der Waals surface area contributed by atoms with Crippen molar-refractivity contribution in [3.8, 4) is 0 Å². The van der Waals surface area contributed by atoms with Gasteiger partial charge in [-0.1, -0.05) is 27.7 Å².